The van der Waals surface area contributed by atoms with E-state index in [1.165, 1.54) is 6.07 Å². The predicted molar refractivity (Wildman–Crippen MR) is 120 cm³/mol. The molecule has 0 saturated heterocycles. The normalized spacial score (nSPS) is 11.6. The molecular formula is C22H17ClN2O6S. The van der Waals surface area contributed by atoms with Crippen LogP contribution in [0.15, 0.2) is 60.7 Å². The number of rotatable bonds is 7. The van der Waals surface area contributed by atoms with Crippen LogP contribution in [0.25, 0.3) is 33.2 Å². The minimum absolute atomic E-state index is 0.00340. The quantitative estimate of drug-likeness (QED) is 0.331. The van der Waals surface area contributed by atoms with Gasteiger partial charge in [0, 0.05) is 22.9 Å². The molecule has 0 bridgehead atoms. The van der Waals surface area contributed by atoms with Gasteiger partial charge in [-0.1, -0.05) is 54.1 Å². The highest BCUT2D eigenvalue weighted by atomic mass is 35.5. The first-order valence-electron chi connectivity index (χ1n) is 9.46. The summed E-state index contributed by atoms with van der Waals surface area (Å²) in [6, 6.07) is 17.3. The highest BCUT2D eigenvalue weighted by molar-refractivity contribution is 7.81. The molecule has 0 aliphatic rings. The molecule has 0 atom stereocenters. The molecule has 3 aromatic carbocycles. The van der Waals surface area contributed by atoms with Gasteiger partial charge in [0.05, 0.1) is 22.7 Å². The van der Waals surface area contributed by atoms with Crippen molar-refractivity contribution in [3.63, 3.8) is 0 Å². The molecule has 0 aliphatic carbocycles. The second-order valence-electron chi connectivity index (χ2n) is 7.03. The molecule has 0 radical (unpaired) electrons. The van der Waals surface area contributed by atoms with Crippen molar-refractivity contribution < 1.29 is 27.1 Å². The summed E-state index contributed by atoms with van der Waals surface area (Å²) in [7, 11) is -4.66. The Labute approximate surface area is 188 Å². The highest BCUT2D eigenvalue weighted by Gasteiger charge is 2.15. The van der Waals surface area contributed by atoms with Crippen LogP contribution in [-0.4, -0.2) is 34.2 Å². The second kappa shape index (κ2) is 8.62. The van der Waals surface area contributed by atoms with Crippen molar-refractivity contribution in [2.75, 3.05) is 0 Å². The van der Waals surface area contributed by atoms with E-state index in [0.29, 0.717) is 33.8 Å². The van der Waals surface area contributed by atoms with Crippen molar-refractivity contribution >= 4 is 38.9 Å². The molecule has 0 spiro atoms. The van der Waals surface area contributed by atoms with Gasteiger partial charge in [-0.05, 0) is 29.3 Å². The molecule has 1 heterocycles. The molecule has 1 aromatic heterocycles. The molecule has 0 aliphatic heterocycles. The Morgan fingerprint density at radius 3 is 2.34 bits per heavy atom. The Morgan fingerprint density at radius 2 is 1.69 bits per heavy atom. The van der Waals surface area contributed by atoms with Crippen molar-refractivity contribution in [2.45, 2.75) is 12.8 Å². The van der Waals surface area contributed by atoms with Crippen molar-refractivity contribution in [2.24, 2.45) is 0 Å². The van der Waals surface area contributed by atoms with E-state index >= 15 is 0 Å². The first-order chi connectivity index (χ1) is 15.2. The predicted octanol–water partition coefficient (Wildman–Crippen LogP) is 4.75. The minimum Gasteiger partial charge on any atom is -0.481 e. The van der Waals surface area contributed by atoms with Crippen LogP contribution in [0.5, 0.6) is 5.75 Å². The number of carbonyl (C=O) groups is 1. The summed E-state index contributed by atoms with van der Waals surface area (Å²) in [6.07, 6.45) is 0.261. The number of nitrogens with one attached hydrogen (secondary N) is 1. The Morgan fingerprint density at radius 1 is 1.03 bits per heavy atom. The molecular weight excluding hydrogens is 456 g/mol. The Hall–Kier alpha value is -3.40. The zero-order valence-electron chi connectivity index (χ0n) is 16.4. The van der Waals surface area contributed by atoms with Crippen LogP contribution in [0.3, 0.4) is 0 Å². The number of para-hydroxylation sites is 1. The molecule has 0 unspecified atom stereocenters. The van der Waals surface area contributed by atoms with Gasteiger partial charge in [0.15, 0.2) is 5.75 Å². The number of aryl methyl sites for hydroxylation is 1. The van der Waals surface area contributed by atoms with E-state index in [-0.39, 0.29) is 12.2 Å². The average molecular weight is 473 g/mol. The van der Waals surface area contributed by atoms with E-state index in [1.807, 2.05) is 18.2 Å². The second-order valence-corrected chi connectivity index (χ2v) is 8.46. The summed E-state index contributed by atoms with van der Waals surface area (Å²) < 4.78 is 36.0. The lowest BCUT2D eigenvalue weighted by molar-refractivity contribution is -0.136. The van der Waals surface area contributed by atoms with Crippen LogP contribution in [0, 0.1) is 0 Å². The van der Waals surface area contributed by atoms with E-state index < -0.39 is 16.4 Å². The van der Waals surface area contributed by atoms with Crippen molar-refractivity contribution in [1.82, 2.24) is 10.2 Å². The van der Waals surface area contributed by atoms with E-state index in [1.54, 1.807) is 36.4 Å². The van der Waals surface area contributed by atoms with Gasteiger partial charge in [0.2, 0.25) is 0 Å². The Bertz CT molecular complexity index is 1410. The summed E-state index contributed by atoms with van der Waals surface area (Å²) in [6.45, 7) is 0. The number of carboxylic acid groups (broad SMARTS) is 1. The van der Waals surface area contributed by atoms with Crippen LogP contribution in [0.1, 0.15) is 12.1 Å². The molecule has 164 valence electrons. The van der Waals surface area contributed by atoms with Gasteiger partial charge in [-0.25, -0.2) is 0 Å². The van der Waals surface area contributed by atoms with Gasteiger partial charge >= 0.3 is 16.4 Å². The van der Waals surface area contributed by atoms with E-state index in [2.05, 4.69) is 14.4 Å². The molecule has 4 aromatic rings. The Balaban J connectivity index is 1.70. The number of hydrogen-bond donors (Lipinski definition) is 3. The SMILES string of the molecule is O=C(O)CCc1n[nH]c2cc(Cl)c(-c3ccc(-c4ccccc4OS(=O)(=O)O)cc3)cc12. The number of H-pyrrole nitrogens is 1. The number of aliphatic carboxylic acids is 1. The smallest absolute Gasteiger partial charge is 0.446 e. The number of halogens is 1. The molecule has 0 fully saturated rings. The fourth-order valence-electron chi connectivity index (χ4n) is 3.45. The number of fused-ring (bicyclic) bond motifs is 1. The third-order valence-corrected chi connectivity index (χ3v) is 5.60. The minimum atomic E-state index is -4.66. The fourth-order valence-corrected chi connectivity index (χ4v) is 4.10. The molecule has 0 saturated carbocycles. The molecule has 32 heavy (non-hydrogen) atoms. The first kappa shape index (κ1) is 21.8. The van der Waals surface area contributed by atoms with Gasteiger partial charge < -0.3 is 9.29 Å². The summed E-state index contributed by atoms with van der Waals surface area (Å²) in [5.74, 6) is -0.896. The number of carboxylic acids is 1. The van der Waals surface area contributed by atoms with Gasteiger partial charge in [0.1, 0.15) is 0 Å². The van der Waals surface area contributed by atoms with Crippen LogP contribution in [-0.2, 0) is 21.6 Å². The van der Waals surface area contributed by atoms with Crippen molar-refractivity contribution in [3.05, 3.63) is 71.4 Å². The van der Waals surface area contributed by atoms with Gasteiger partial charge in [-0.15, -0.1) is 0 Å². The largest absolute Gasteiger partial charge is 0.481 e. The monoisotopic (exact) mass is 472 g/mol. The average Bonchev–Trinajstić information content (AvgIpc) is 3.13. The maximum absolute atomic E-state index is 11.1. The van der Waals surface area contributed by atoms with Gasteiger partial charge in [0.25, 0.3) is 0 Å². The van der Waals surface area contributed by atoms with Crippen molar-refractivity contribution in [3.8, 4) is 28.0 Å². The Kier molecular flexibility index (Phi) is 5.88. The third kappa shape index (κ3) is 4.75. The number of aromatic nitrogens is 2. The highest BCUT2D eigenvalue weighted by Crippen LogP contribution is 2.36. The van der Waals surface area contributed by atoms with Gasteiger partial charge in [-0.3, -0.25) is 14.4 Å². The third-order valence-electron chi connectivity index (χ3n) is 4.89. The molecule has 0 amide bonds. The van der Waals surface area contributed by atoms with E-state index in [4.69, 9.17) is 21.3 Å². The number of hydrogen-bond acceptors (Lipinski definition) is 5. The number of benzene rings is 3. The lowest BCUT2D eigenvalue weighted by Gasteiger charge is -2.10. The number of nitrogens with zero attached hydrogens (tertiary/aromatic N) is 1. The lowest BCUT2D eigenvalue weighted by atomic mass is 9.98. The van der Waals surface area contributed by atoms with Gasteiger partial charge in [-0.2, -0.15) is 13.5 Å². The van der Waals surface area contributed by atoms with E-state index in [0.717, 1.165) is 16.5 Å². The number of aromatic amines is 1. The molecule has 4 rings (SSSR count). The van der Waals surface area contributed by atoms with Crippen LogP contribution >= 0.6 is 11.6 Å². The maximum atomic E-state index is 11.1. The first-order valence-corrected chi connectivity index (χ1v) is 11.2. The standard InChI is InChI=1S/C22H17ClN2O6S/c23-18-12-20-17(19(24-25-20)9-10-22(26)27)11-16(18)14-7-5-13(6-8-14)15-3-1-2-4-21(15)31-32(28,29)30/h1-8,11-12H,9-10H2,(H,24,25)(H,26,27)(H,28,29,30). The molecule has 3 N–H and O–H groups in total. The van der Waals surface area contributed by atoms with Crippen LogP contribution in [0.4, 0.5) is 0 Å². The summed E-state index contributed by atoms with van der Waals surface area (Å²) in [4.78, 5) is 10.9. The molecule has 8 nitrogen and oxygen atoms in total. The van der Waals surface area contributed by atoms with Crippen LogP contribution < -0.4 is 4.18 Å². The zero-order valence-corrected chi connectivity index (χ0v) is 18.0. The summed E-state index contributed by atoms with van der Waals surface area (Å²) >= 11 is 6.47. The topological polar surface area (TPSA) is 130 Å². The van der Waals surface area contributed by atoms with Crippen molar-refractivity contribution in [1.29, 1.82) is 0 Å². The molecule has 10 heteroatoms. The zero-order chi connectivity index (χ0) is 22.9. The van der Waals surface area contributed by atoms with Crippen LogP contribution in [0.2, 0.25) is 5.02 Å². The maximum Gasteiger partial charge on any atom is 0.446 e. The fraction of sp³-hybridized carbons (Fsp3) is 0.0909. The summed E-state index contributed by atoms with van der Waals surface area (Å²) in [5, 5.41) is 17.3. The lowest BCUT2D eigenvalue weighted by Crippen LogP contribution is -2.07. The summed E-state index contributed by atoms with van der Waals surface area (Å²) in [5.41, 5.74) is 4.07. The van der Waals surface area contributed by atoms with E-state index in [9.17, 15) is 13.2 Å².